The molecule has 0 spiro atoms. The number of nitro groups is 1. The van der Waals surface area contributed by atoms with E-state index in [0.717, 1.165) is 4.90 Å². The van der Waals surface area contributed by atoms with Crippen LogP contribution in [0.3, 0.4) is 0 Å². The maximum Gasteiger partial charge on any atom is 0.283 e. The number of aliphatic hydroxyl groups excluding tert-OH is 1. The molecule has 0 bridgehead atoms. The highest BCUT2D eigenvalue weighted by Crippen LogP contribution is 2.35. The lowest BCUT2D eigenvalue weighted by Crippen LogP contribution is -1.93. The molecule has 0 unspecified atom stereocenters. The summed E-state index contributed by atoms with van der Waals surface area (Å²) in [6.07, 6.45) is 0. The van der Waals surface area contributed by atoms with Crippen LogP contribution < -0.4 is 0 Å². The molecular formula is C16H17NO3S. The molecular weight excluding hydrogens is 286 g/mol. The van der Waals surface area contributed by atoms with Crippen molar-refractivity contribution in [3.05, 3.63) is 63.7 Å². The van der Waals surface area contributed by atoms with Crippen LogP contribution in [0.2, 0.25) is 0 Å². The molecule has 2 aromatic rings. The van der Waals surface area contributed by atoms with Crippen molar-refractivity contribution in [2.45, 2.75) is 36.2 Å². The molecule has 0 atom stereocenters. The van der Waals surface area contributed by atoms with E-state index in [1.54, 1.807) is 12.1 Å². The molecule has 0 aromatic heterocycles. The largest absolute Gasteiger partial charge is 0.392 e. The van der Waals surface area contributed by atoms with E-state index in [2.05, 4.69) is 13.8 Å². The van der Waals surface area contributed by atoms with E-state index >= 15 is 0 Å². The minimum Gasteiger partial charge on any atom is -0.392 e. The number of rotatable bonds is 5. The van der Waals surface area contributed by atoms with Gasteiger partial charge in [-0.25, -0.2) is 0 Å². The van der Waals surface area contributed by atoms with Crippen LogP contribution >= 0.6 is 11.8 Å². The number of benzene rings is 2. The van der Waals surface area contributed by atoms with E-state index in [-0.39, 0.29) is 12.3 Å². The normalized spacial score (nSPS) is 10.9. The number of nitrogens with zero attached hydrogens (tertiary/aromatic N) is 1. The molecule has 0 heterocycles. The Morgan fingerprint density at radius 3 is 2.38 bits per heavy atom. The van der Waals surface area contributed by atoms with Crippen molar-refractivity contribution in [2.24, 2.45) is 0 Å². The van der Waals surface area contributed by atoms with Crippen LogP contribution in [0.15, 0.2) is 52.3 Å². The molecule has 0 aliphatic carbocycles. The molecule has 21 heavy (non-hydrogen) atoms. The fraction of sp³-hybridized carbons (Fsp3) is 0.250. The van der Waals surface area contributed by atoms with Gasteiger partial charge in [-0.3, -0.25) is 10.1 Å². The van der Waals surface area contributed by atoms with Crippen molar-refractivity contribution in [2.75, 3.05) is 0 Å². The van der Waals surface area contributed by atoms with E-state index in [4.69, 9.17) is 5.11 Å². The van der Waals surface area contributed by atoms with E-state index in [9.17, 15) is 10.1 Å². The lowest BCUT2D eigenvalue weighted by atomic mass is 10.0. The molecule has 5 heteroatoms. The summed E-state index contributed by atoms with van der Waals surface area (Å²) >= 11 is 1.36. The number of aliphatic hydroxyl groups is 1. The molecule has 0 fully saturated rings. The summed E-state index contributed by atoms with van der Waals surface area (Å²) in [5, 5.41) is 20.2. The lowest BCUT2D eigenvalue weighted by molar-refractivity contribution is -0.387. The van der Waals surface area contributed by atoms with Gasteiger partial charge in [0.2, 0.25) is 0 Å². The molecule has 4 nitrogen and oxygen atoms in total. The Bertz CT molecular complexity index is 638. The number of nitro benzene ring substituents is 1. The summed E-state index contributed by atoms with van der Waals surface area (Å²) in [5.41, 5.74) is 1.81. The summed E-state index contributed by atoms with van der Waals surface area (Å²) in [6.45, 7) is 4.05. The molecule has 0 aliphatic heterocycles. The first-order valence-electron chi connectivity index (χ1n) is 6.67. The minimum atomic E-state index is -0.413. The first-order valence-corrected chi connectivity index (χ1v) is 7.49. The van der Waals surface area contributed by atoms with Crippen LogP contribution in [0, 0.1) is 10.1 Å². The molecule has 0 saturated heterocycles. The van der Waals surface area contributed by atoms with Crippen LogP contribution in [-0.4, -0.2) is 10.0 Å². The first kappa shape index (κ1) is 15.5. The Hall–Kier alpha value is -1.85. The Morgan fingerprint density at radius 1 is 1.19 bits per heavy atom. The summed E-state index contributed by atoms with van der Waals surface area (Å²) in [4.78, 5) is 12.3. The number of hydrogen-bond donors (Lipinski definition) is 1. The van der Waals surface area contributed by atoms with Gasteiger partial charge in [0, 0.05) is 11.0 Å². The third-order valence-corrected chi connectivity index (χ3v) is 4.25. The summed E-state index contributed by atoms with van der Waals surface area (Å²) in [5.74, 6) is 0.460. The van der Waals surface area contributed by atoms with Gasteiger partial charge >= 0.3 is 0 Å². The van der Waals surface area contributed by atoms with Gasteiger partial charge in [0.1, 0.15) is 0 Å². The van der Waals surface area contributed by atoms with Gasteiger partial charge in [-0.05, 0) is 35.2 Å². The van der Waals surface area contributed by atoms with Crippen molar-refractivity contribution >= 4 is 17.4 Å². The lowest BCUT2D eigenvalue weighted by Gasteiger charge is -2.07. The zero-order valence-electron chi connectivity index (χ0n) is 11.9. The second-order valence-corrected chi connectivity index (χ2v) is 6.16. The van der Waals surface area contributed by atoms with Crippen molar-refractivity contribution in [1.82, 2.24) is 0 Å². The third kappa shape index (κ3) is 3.83. The number of hydrogen-bond acceptors (Lipinski definition) is 4. The quantitative estimate of drug-likeness (QED) is 0.658. The van der Waals surface area contributed by atoms with Gasteiger partial charge in [0.15, 0.2) is 0 Å². The third-order valence-electron chi connectivity index (χ3n) is 3.18. The smallest absolute Gasteiger partial charge is 0.283 e. The predicted octanol–water partition coefficient (Wildman–Crippen LogP) is 4.36. The Morgan fingerprint density at radius 2 is 1.86 bits per heavy atom. The first-order chi connectivity index (χ1) is 10.0. The highest BCUT2D eigenvalue weighted by Gasteiger charge is 2.15. The van der Waals surface area contributed by atoms with Gasteiger partial charge in [0.05, 0.1) is 16.4 Å². The molecule has 0 amide bonds. The molecule has 0 radical (unpaired) electrons. The highest BCUT2D eigenvalue weighted by molar-refractivity contribution is 7.99. The van der Waals surface area contributed by atoms with E-state index < -0.39 is 4.92 Å². The van der Waals surface area contributed by atoms with Crippen LogP contribution in [0.5, 0.6) is 0 Å². The minimum absolute atomic E-state index is 0.0273. The van der Waals surface area contributed by atoms with Crippen molar-refractivity contribution in [3.8, 4) is 0 Å². The standard InChI is InChI=1S/C16H17NO3S/c1-11(2)13-4-6-14(7-5-13)21-16-8-3-12(10-18)9-15(16)17(19)20/h3-9,11,18H,10H2,1-2H3. The SMILES string of the molecule is CC(C)c1ccc(Sc2ccc(CO)cc2[N+](=O)[O-])cc1. The molecule has 0 saturated carbocycles. The zero-order chi connectivity index (χ0) is 15.4. The van der Waals surface area contributed by atoms with Gasteiger partial charge < -0.3 is 5.11 Å². The topological polar surface area (TPSA) is 63.4 Å². The molecule has 110 valence electrons. The van der Waals surface area contributed by atoms with Gasteiger partial charge in [-0.1, -0.05) is 43.8 Å². The highest BCUT2D eigenvalue weighted by atomic mass is 32.2. The van der Waals surface area contributed by atoms with Crippen molar-refractivity contribution < 1.29 is 10.0 Å². The van der Waals surface area contributed by atoms with E-state index in [1.807, 2.05) is 24.3 Å². The zero-order valence-corrected chi connectivity index (χ0v) is 12.8. The second kappa shape index (κ2) is 6.74. The fourth-order valence-electron chi connectivity index (χ4n) is 1.94. The van der Waals surface area contributed by atoms with Crippen molar-refractivity contribution in [1.29, 1.82) is 0 Å². The second-order valence-electron chi connectivity index (χ2n) is 5.04. The summed E-state index contributed by atoms with van der Waals surface area (Å²) < 4.78 is 0. The van der Waals surface area contributed by atoms with Gasteiger partial charge in [-0.15, -0.1) is 0 Å². The van der Waals surface area contributed by atoms with E-state index in [1.165, 1.54) is 23.4 Å². The van der Waals surface area contributed by atoms with Crippen LogP contribution in [-0.2, 0) is 6.61 Å². The Kier molecular flexibility index (Phi) is 4.98. The maximum atomic E-state index is 11.1. The van der Waals surface area contributed by atoms with Gasteiger partial charge in [0.25, 0.3) is 5.69 Å². The van der Waals surface area contributed by atoms with E-state index in [0.29, 0.717) is 16.4 Å². The predicted molar refractivity (Wildman–Crippen MR) is 83.7 cm³/mol. The fourth-order valence-corrected chi connectivity index (χ4v) is 2.84. The van der Waals surface area contributed by atoms with Crippen LogP contribution in [0.25, 0.3) is 0 Å². The molecule has 2 aromatic carbocycles. The van der Waals surface area contributed by atoms with Gasteiger partial charge in [-0.2, -0.15) is 0 Å². The Labute approximate surface area is 128 Å². The summed E-state index contributed by atoms with van der Waals surface area (Å²) in [6, 6.07) is 12.8. The average Bonchev–Trinajstić information content (AvgIpc) is 2.48. The molecule has 1 N–H and O–H groups in total. The molecule has 2 rings (SSSR count). The van der Waals surface area contributed by atoms with Crippen molar-refractivity contribution in [3.63, 3.8) is 0 Å². The average molecular weight is 303 g/mol. The Balaban J connectivity index is 2.28. The molecule has 0 aliphatic rings. The monoisotopic (exact) mass is 303 g/mol. The van der Waals surface area contributed by atoms with Crippen LogP contribution in [0.4, 0.5) is 5.69 Å². The summed E-state index contributed by atoms with van der Waals surface area (Å²) in [7, 11) is 0. The van der Waals surface area contributed by atoms with Crippen LogP contribution in [0.1, 0.15) is 30.9 Å². The maximum absolute atomic E-state index is 11.1.